The van der Waals surface area contributed by atoms with Crippen LogP contribution in [0.3, 0.4) is 0 Å². The summed E-state index contributed by atoms with van der Waals surface area (Å²) in [6, 6.07) is 13.3. The number of aliphatic carboxylic acids is 1. The molecule has 1 aromatic heterocycles. The minimum atomic E-state index is -0.833. The van der Waals surface area contributed by atoms with Gasteiger partial charge < -0.3 is 9.52 Å². The highest BCUT2D eigenvalue weighted by Gasteiger charge is 2.08. The third-order valence-corrected chi connectivity index (χ3v) is 2.80. The Balaban J connectivity index is 2.23. The zero-order valence-corrected chi connectivity index (χ0v) is 9.01. The number of rotatable bonds is 2. The summed E-state index contributed by atoms with van der Waals surface area (Å²) in [7, 11) is 0. The van der Waals surface area contributed by atoms with Gasteiger partial charge in [-0.25, -0.2) is 0 Å². The third-order valence-electron chi connectivity index (χ3n) is 2.80. The van der Waals surface area contributed by atoms with Crippen molar-refractivity contribution in [2.24, 2.45) is 0 Å². The van der Waals surface area contributed by atoms with E-state index in [2.05, 4.69) is 0 Å². The topological polar surface area (TPSA) is 50.4 Å². The van der Waals surface area contributed by atoms with E-state index in [9.17, 15) is 4.79 Å². The molecule has 0 aliphatic carbocycles. The second-order valence-corrected chi connectivity index (χ2v) is 4.00. The number of hydrogen-bond acceptors (Lipinski definition) is 2. The molecule has 0 amide bonds. The number of carboxylic acid groups (broad SMARTS) is 1. The van der Waals surface area contributed by atoms with Crippen LogP contribution in [0.2, 0.25) is 0 Å². The van der Waals surface area contributed by atoms with Gasteiger partial charge in [0.15, 0.2) is 0 Å². The minimum absolute atomic E-state index is 0.0208. The zero-order chi connectivity index (χ0) is 11.8. The molecule has 3 aromatic rings. The number of carboxylic acids is 1. The van der Waals surface area contributed by atoms with Crippen molar-refractivity contribution in [3.8, 4) is 0 Å². The van der Waals surface area contributed by atoms with Crippen LogP contribution in [0.1, 0.15) is 5.56 Å². The number of benzene rings is 2. The summed E-state index contributed by atoms with van der Waals surface area (Å²) in [4.78, 5) is 10.6. The second kappa shape index (κ2) is 3.63. The lowest BCUT2D eigenvalue weighted by Crippen LogP contribution is -1.99. The maximum absolute atomic E-state index is 10.6. The first-order valence-electron chi connectivity index (χ1n) is 5.36. The molecule has 0 saturated carbocycles. The van der Waals surface area contributed by atoms with Gasteiger partial charge >= 0.3 is 5.97 Å². The van der Waals surface area contributed by atoms with Crippen molar-refractivity contribution >= 4 is 27.9 Å². The molecule has 3 rings (SSSR count). The summed E-state index contributed by atoms with van der Waals surface area (Å²) in [5.74, 6) is -0.833. The molecule has 17 heavy (non-hydrogen) atoms. The van der Waals surface area contributed by atoms with Gasteiger partial charge in [-0.3, -0.25) is 4.79 Å². The van der Waals surface area contributed by atoms with Gasteiger partial charge in [0.1, 0.15) is 11.2 Å². The largest absolute Gasteiger partial charge is 0.481 e. The Morgan fingerprint density at radius 3 is 2.65 bits per heavy atom. The second-order valence-electron chi connectivity index (χ2n) is 4.00. The predicted molar refractivity (Wildman–Crippen MR) is 65.1 cm³/mol. The summed E-state index contributed by atoms with van der Waals surface area (Å²) in [5, 5.41) is 10.8. The molecule has 0 radical (unpaired) electrons. The Kier molecular flexibility index (Phi) is 2.11. The van der Waals surface area contributed by atoms with E-state index in [1.807, 2.05) is 36.4 Å². The van der Waals surface area contributed by atoms with Gasteiger partial charge in [0.25, 0.3) is 0 Å². The molecule has 0 bridgehead atoms. The van der Waals surface area contributed by atoms with E-state index in [0.29, 0.717) is 0 Å². The molecule has 1 heterocycles. The Morgan fingerprint density at radius 1 is 1.06 bits per heavy atom. The van der Waals surface area contributed by atoms with Crippen LogP contribution in [0, 0.1) is 0 Å². The molecular weight excluding hydrogens is 216 g/mol. The molecule has 0 fully saturated rings. The molecule has 0 unspecified atom stereocenters. The lowest BCUT2D eigenvalue weighted by molar-refractivity contribution is -0.136. The summed E-state index contributed by atoms with van der Waals surface area (Å²) >= 11 is 0. The van der Waals surface area contributed by atoms with E-state index >= 15 is 0 Å². The third kappa shape index (κ3) is 1.65. The minimum Gasteiger partial charge on any atom is -0.481 e. The SMILES string of the molecule is O=C(O)Cc1ccc2c(c1)oc1ccccc12. The van der Waals surface area contributed by atoms with Crippen LogP contribution < -0.4 is 0 Å². The monoisotopic (exact) mass is 226 g/mol. The zero-order valence-electron chi connectivity index (χ0n) is 9.01. The smallest absolute Gasteiger partial charge is 0.307 e. The molecule has 84 valence electrons. The number of furan rings is 1. The van der Waals surface area contributed by atoms with E-state index < -0.39 is 5.97 Å². The predicted octanol–water partition coefficient (Wildman–Crippen LogP) is 3.21. The van der Waals surface area contributed by atoms with Crippen molar-refractivity contribution in [2.45, 2.75) is 6.42 Å². The van der Waals surface area contributed by atoms with Crippen LogP contribution in [0.25, 0.3) is 21.9 Å². The highest BCUT2D eigenvalue weighted by molar-refractivity contribution is 6.05. The van der Waals surface area contributed by atoms with Gasteiger partial charge in [0.2, 0.25) is 0 Å². The van der Waals surface area contributed by atoms with Gasteiger partial charge in [-0.2, -0.15) is 0 Å². The summed E-state index contributed by atoms with van der Waals surface area (Å²) < 4.78 is 5.68. The maximum atomic E-state index is 10.6. The van der Waals surface area contributed by atoms with Gasteiger partial charge in [0, 0.05) is 10.8 Å². The first-order chi connectivity index (χ1) is 8.24. The van der Waals surface area contributed by atoms with Gasteiger partial charge in [-0.05, 0) is 17.7 Å². The van der Waals surface area contributed by atoms with Crippen LogP contribution in [-0.4, -0.2) is 11.1 Å². The molecule has 2 aromatic carbocycles. The van der Waals surface area contributed by atoms with Gasteiger partial charge in [0.05, 0.1) is 6.42 Å². The Bertz CT molecular complexity index is 710. The van der Waals surface area contributed by atoms with Crippen molar-refractivity contribution in [1.29, 1.82) is 0 Å². The van der Waals surface area contributed by atoms with Gasteiger partial charge in [-0.15, -0.1) is 0 Å². The van der Waals surface area contributed by atoms with Crippen LogP contribution in [0.5, 0.6) is 0 Å². The fourth-order valence-corrected chi connectivity index (χ4v) is 2.05. The van der Waals surface area contributed by atoms with Crippen LogP contribution in [-0.2, 0) is 11.2 Å². The van der Waals surface area contributed by atoms with Crippen molar-refractivity contribution < 1.29 is 14.3 Å². The Hall–Kier alpha value is -2.29. The lowest BCUT2D eigenvalue weighted by atomic mass is 10.1. The van der Waals surface area contributed by atoms with Crippen molar-refractivity contribution in [2.75, 3.05) is 0 Å². The average Bonchev–Trinajstić information content (AvgIpc) is 2.65. The lowest BCUT2D eigenvalue weighted by Gasteiger charge is -1.96. The van der Waals surface area contributed by atoms with Crippen LogP contribution >= 0.6 is 0 Å². The van der Waals surface area contributed by atoms with E-state index in [0.717, 1.165) is 27.5 Å². The molecule has 0 saturated heterocycles. The van der Waals surface area contributed by atoms with Crippen LogP contribution in [0.15, 0.2) is 46.9 Å². The summed E-state index contributed by atoms with van der Waals surface area (Å²) in [6.07, 6.45) is 0.0208. The molecule has 0 aliphatic rings. The number of hydrogen-bond donors (Lipinski definition) is 1. The van der Waals surface area contributed by atoms with Crippen molar-refractivity contribution in [3.05, 3.63) is 48.0 Å². The molecule has 3 heteroatoms. The molecule has 0 aliphatic heterocycles. The van der Waals surface area contributed by atoms with E-state index in [1.54, 1.807) is 6.07 Å². The maximum Gasteiger partial charge on any atom is 0.307 e. The summed E-state index contributed by atoms with van der Waals surface area (Å²) in [6.45, 7) is 0. The van der Waals surface area contributed by atoms with E-state index in [1.165, 1.54) is 0 Å². The molecule has 3 nitrogen and oxygen atoms in total. The molecule has 0 spiro atoms. The number of para-hydroxylation sites is 1. The number of carbonyl (C=O) groups is 1. The highest BCUT2D eigenvalue weighted by atomic mass is 16.4. The van der Waals surface area contributed by atoms with Crippen molar-refractivity contribution in [1.82, 2.24) is 0 Å². The van der Waals surface area contributed by atoms with Crippen molar-refractivity contribution in [3.63, 3.8) is 0 Å². The fraction of sp³-hybridized carbons (Fsp3) is 0.0714. The van der Waals surface area contributed by atoms with Gasteiger partial charge in [-0.1, -0.05) is 30.3 Å². The quantitative estimate of drug-likeness (QED) is 0.729. The molecule has 1 N–H and O–H groups in total. The Morgan fingerprint density at radius 2 is 1.82 bits per heavy atom. The number of fused-ring (bicyclic) bond motifs is 3. The molecular formula is C14H10O3. The standard InChI is InChI=1S/C14H10O3/c15-14(16)8-9-5-6-11-10-3-1-2-4-12(10)17-13(11)7-9/h1-7H,8H2,(H,15,16). The first kappa shape index (κ1) is 9.90. The first-order valence-corrected chi connectivity index (χ1v) is 5.36. The normalized spacial score (nSPS) is 11.1. The highest BCUT2D eigenvalue weighted by Crippen LogP contribution is 2.28. The van der Waals surface area contributed by atoms with E-state index in [-0.39, 0.29) is 6.42 Å². The van der Waals surface area contributed by atoms with Crippen LogP contribution in [0.4, 0.5) is 0 Å². The average molecular weight is 226 g/mol. The Labute approximate surface area is 97.3 Å². The van der Waals surface area contributed by atoms with E-state index in [4.69, 9.17) is 9.52 Å². The molecule has 0 atom stereocenters. The summed E-state index contributed by atoms with van der Waals surface area (Å²) in [5.41, 5.74) is 2.32. The fourth-order valence-electron chi connectivity index (χ4n) is 2.05.